The molecule has 2 aliphatic rings. The Bertz CT molecular complexity index is 347. The van der Waals surface area contributed by atoms with Gasteiger partial charge in [-0.15, -0.1) is 24.0 Å². The number of aliphatic hydroxyl groups excluding tert-OH is 1. The molecule has 6 heteroatoms. The molecule has 1 aliphatic heterocycles. The van der Waals surface area contributed by atoms with Crippen molar-refractivity contribution in [3.05, 3.63) is 0 Å². The first kappa shape index (κ1) is 21.0. The highest BCUT2D eigenvalue weighted by atomic mass is 127. The minimum atomic E-state index is 0. The number of hydrogen-bond donors (Lipinski definition) is 3. The summed E-state index contributed by atoms with van der Waals surface area (Å²) in [5.41, 5.74) is 0. The van der Waals surface area contributed by atoms with Crippen LogP contribution in [0.1, 0.15) is 46.0 Å². The number of halogens is 1. The van der Waals surface area contributed by atoms with Crippen molar-refractivity contribution in [2.24, 2.45) is 16.8 Å². The third kappa shape index (κ3) is 7.56. The van der Waals surface area contributed by atoms with Gasteiger partial charge in [0.05, 0.1) is 0 Å². The molecule has 136 valence electrons. The fraction of sp³-hybridized carbons (Fsp3) is 0.941. The first-order valence-electron chi connectivity index (χ1n) is 9.09. The molecule has 3 N–H and O–H groups in total. The van der Waals surface area contributed by atoms with Gasteiger partial charge in [0.15, 0.2) is 5.96 Å². The lowest BCUT2D eigenvalue weighted by Crippen LogP contribution is -2.45. The Morgan fingerprint density at radius 2 is 2.04 bits per heavy atom. The van der Waals surface area contributed by atoms with E-state index in [-0.39, 0.29) is 36.5 Å². The van der Waals surface area contributed by atoms with Gasteiger partial charge in [0.1, 0.15) is 0 Å². The summed E-state index contributed by atoms with van der Waals surface area (Å²) in [6, 6.07) is 0.503. The Balaban J connectivity index is 0.00000264. The van der Waals surface area contributed by atoms with E-state index in [2.05, 4.69) is 27.4 Å². The van der Waals surface area contributed by atoms with Crippen LogP contribution in [0.15, 0.2) is 4.99 Å². The lowest BCUT2D eigenvalue weighted by molar-refractivity contribution is 0.241. The van der Waals surface area contributed by atoms with E-state index in [4.69, 9.17) is 5.11 Å². The number of guanidine groups is 1. The molecule has 2 atom stereocenters. The van der Waals surface area contributed by atoms with Crippen molar-refractivity contribution in [1.29, 1.82) is 0 Å². The molecule has 1 saturated heterocycles. The lowest BCUT2D eigenvalue weighted by atomic mass is 10.1. The van der Waals surface area contributed by atoms with Crippen LogP contribution in [-0.2, 0) is 0 Å². The SMILES string of the molecule is CCNC(=NCC(C)CO)NC1CCN(CC2CCCC2)C1.I. The lowest BCUT2D eigenvalue weighted by Gasteiger charge is -2.21. The highest BCUT2D eigenvalue weighted by molar-refractivity contribution is 14.0. The molecule has 0 bridgehead atoms. The van der Waals surface area contributed by atoms with E-state index in [9.17, 15) is 0 Å². The average Bonchev–Trinajstić information content (AvgIpc) is 3.17. The van der Waals surface area contributed by atoms with Crippen LogP contribution in [0.4, 0.5) is 0 Å². The molecular weight excluding hydrogens is 403 g/mol. The number of nitrogens with one attached hydrogen (secondary N) is 2. The Hall–Kier alpha value is -0.0800. The second-order valence-electron chi connectivity index (χ2n) is 7.05. The first-order valence-corrected chi connectivity index (χ1v) is 9.09. The largest absolute Gasteiger partial charge is 0.396 e. The van der Waals surface area contributed by atoms with Gasteiger partial charge >= 0.3 is 0 Å². The number of likely N-dealkylation sites (tertiary alicyclic amines) is 1. The standard InChI is InChI=1S/C17H34N4O.HI/c1-3-18-17(19-10-14(2)13-22)20-16-8-9-21(12-16)11-15-6-4-5-7-15;/h14-16,22H,3-13H2,1-2H3,(H2,18,19,20);1H. The summed E-state index contributed by atoms with van der Waals surface area (Å²) in [5, 5.41) is 16.0. The molecule has 2 rings (SSSR count). The van der Waals surface area contributed by atoms with Gasteiger partial charge in [-0.1, -0.05) is 19.8 Å². The molecule has 0 spiro atoms. The zero-order valence-electron chi connectivity index (χ0n) is 14.8. The van der Waals surface area contributed by atoms with E-state index in [1.807, 2.05) is 6.92 Å². The van der Waals surface area contributed by atoms with Crippen molar-refractivity contribution in [2.45, 2.75) is 52.0 Å². The summed E-state index contributed by atoms with van der Waals surface area (Å²) in [6.45, 7) is 9.48. The summed E-state index contributed by atoms with van der Waals surface area (Å²) in [6.07, 6.45) is 6.92. The first-order chi connectivity index (χ1) is 10.7. The van der Waals surface area contributed by atoms with Crippen molar-refractivity contribution in [3.8, 4) is 0 Å². The Labute approximate surface area is 158 Å². The van der Waals surface area contributed by atoms with E-state index in [0.29, 0.717) is 12.6 Å². The van der Waals surface area contributed by atoms with Crippen molar-refractivity contribution in [2.75, 3.05) is 39.3 Å². The third-order valence-corrected chi connectivity index (χ3v) is 4.82. The zero-order chi connectivity index (χ0) is 15.8. The Morgan fingerprint density at radius 1 is 1.30 bits per heavy atom. The molecule has 2 unspecified atom stereocenters. The van der Waals surface area contributed by atoms with Gasteiger partial charge in [0, 0.05) is 45.4 Å². The van der Waals surface area contributed by atoms with Crippen LogP contribution in [0, 0.1) is 11.8 Å². The number of hydrogen-bond acceptors (Lipinski definition) is 3. The summed E-state index contributed by atoms with van der Waals surface area (Å²) < 4.78 is 0. The summed E-state index contributed by atoms with van der Waals surface area (Å²) in [4.78, 5) is 7.21. The second kappa shape index (κ2) is 11.5. The predicted octanol–water partition coefficient (Wildman–Crippen LogP) is 2.05. The van der Waals surface area contributed by atoms with Crippen LogP contribution in [0.3, 0.4) is 0 Å². The van der Waals surface area contributed by atoms with Gasteiger partial charge in [-0.05, 0) is 38.0 Å². The summed E-state index contributed by atoms with van der Waals surface area (Å²) >= 11 is 0. The molecule has 5 nitrogen and oxygen atoms in total. The van der Waals surface area contributed by atoms with E-state index in [0.717, 1.165) is 25.0 Å². The molecule has 0 radical (unpaired) electrons. The molecule has 0 aromatic carbocycles. The molecule has 1 saturated carbocycles. The molecule has 0 amide bonds. The number of aliphatic imine (C=N–C) groups is 1. The van der Waals surface area contributed by atoms with Crippen LogP contribution >= 0.6 is 24.0 Å². The van der Waals surface area contributed by atoms with Gasteiger partial charge in [0.25, 0.3) is 0 Å². The maximum Gasteiger partial charge on any atom is 0.191 e. The molecule has 1 heterocycles. The topological polar surface area (TPSA) is 59.9 Å². The summed E-state index contributed by atoms with van der Waals surface area (Å²) in [7, 11) is 0. The van der Waals surface area contributed by atoms with Crippen molar-refractivity contribution >= 4 is 29.9 Å². The van der Waals surface area contributed by atoms with E-state index in [1.165, 1.54) is 45.2 Å². The van der Waals surface area contributed by atoms with E-state index < -0.39 is 0 Å². The fourth-order valence-electron chi connectivity index (χ4n) is 3.49. The molecule has 23 heavy (non-hydrogen) atoms. The van der Waals surface area contributed by atoms with Crippen LogP contribution < -0.4 is 10.6 Å². The quantitative estimate of drug-likeness (QED) is 0.324. The van der Waals surface area contributed by atoms with Crippen LogP contribution in [0.25, 0.3) is 0 Å². The van der Waals surface area contributed by atoms with Gasteiger partial charge in [0.2, 0.25) is 0 Å². The minimum Gasteiger partial charge on any atom is -0.396 e. The van der Waals surface area contributed by atoms with Gasteiger partial charge < -0.3 is 20.6 Å². The zero-order valence-corrected chi connectivity index (χ0v) is 17.1. The predicted molar refractivity (Wildman–Crippen MR) is 108 cm³/mol. The molecular formula is C17H35IN4O. The molecule has 1 aliphatic carbocycles. The normalized spacial score (nSPS) is 24.5. The van der Waals surface area contributed by atoms with Crippen molar-refractivity contribution in [3.63, 3.8) is 0 Å². The van der Waals surface area contributed by atoms with Crippen LogP contribution in [0.5, 0.6) is 0 Å². The number of rotatable bonds is 7. The van der Waals surface area contributed by atoms with Gasteiger partial charge in [-0.3, -0.25) is 4.99 Å². The van der Waals surface area contributed by atoms with Crippen molar-refractivity contribution < 1.29 is 5.11 Å². The maximum absolute atomic E-state index is 9.12. The summed E-state index contributed by atoms with van der Waals surface area (Å²) in [5.74, 6) is 2.06. The molecule has 0 aromatic rings. The third-order valence-electron chi connectivity index (χ3n) is 4.82. The monoisotopic (exact) mass is 438 g/mol. The number of nitrogens with zero attached hydrogens (tertiary/aromatic N) is 2. The molecule has 2 fully saturated rings. The Morgan fingerprint density at radius 3 is 2.70 bits per heavy atom. The highest BCUT2D eigenvalue weighted by Gasteiger charge is 2.26. The fourth-order valence-corrected chi connectivity index (χ4v) is 3.49. The minimum absolute atomic E-state index is 0. The smallest absolute Gasteiger partial charge is 0.191 e. The average molecular weight is 438 g/mol. The Kier molecular flexibility index (Phi) is 10.5. The second-order valence-corrected chi connectivity index (χ2v) is 7.05. The van der Waals surface area contributed by atoms with E-state index >= 15 is 0 Å². The van der Waals surface area contributed by atoms with Gasteiger partial charge in [-0.2, -0.15) is 0 Å². The maximum atomic E-state index is 9.12. The molecule has 0 aromatic heterocycles. The highest BCUT2D eigenvalue weighted by Crippen LogP contribution is 2.26. The van der Waals surface area contributed by atoms with Crippen molar-refractivity contribution in [1.82, 2.24) is 15.5 Å². The van der Waals surface area contributed by atoms with Crippen LogP contribution in [-0.4, -0.2) is 61.3 Å². The number of aliphatic hydroxyl groups is 1. The van der Waals surface area contributed by atoms with E-state index in [1.54, 1.807) is 0 Å². The van der Waals surface area contributed by atoms with Gasteiger partial charge in [-0.25, -0.2) is 0 Å². The van der Waals surface area contributed by atoms with Crippen LogP contribution in [0.2, 0.25) is 0 Å².